The van der Waals surface area contributed by atoms with Gasteiger partial charge in [0.15, 0.2) is 6.10 Å². The lowest BCUT2D eigenvalue weighted by molar-refractivity contribution is -0.311. The first-order valence-corrected chi connectivity index (χ1v) is 11.9. The lowest BCUT2D eigenvalue weighted by atomic mass is 9.96. The van der Waals surface area contributed by atoms with Crippen LogP contribution in [0.2, 0.25) is 0 Å². The van der Waals surface area contributed by atoms with Crippen LogP contribution in [0.4, 0.5) is 41.2 Å². The molecule has 0 aliphatic carbocycles. The lowest BCUT2D eigenvalue weighted by Crippen LogP contribution is -2.44. The zero-order valence-electron chi connectivity index (χ0n) is 21.6. The zero-order valence-corrected chi connectivity index (χ0v) is 21.6. The van der Waals surface area contributed by atoms with Crippen LogP contribution in [-0.2, 0) is 6.42 Å². The highest BCUT2D eigenvalue weighted by atomic mass is 19.4. The van der Waals surface area contributed by atoms with Gasteiger partial charge in [-0.05, 0) is 62.2 Å². The molecule has 1 atom stereocenters. The monoisotopic (exact) mass is 585 g/mol. The Bertz CT molecular complexity index is 1490. The van der Waals surface area contributed by atoms with Gasteiger partial charge in [0.1, 0.15) is 28.5 Å². The number of aromatic nitrogens is 1. The topological polar surface area (TPSA) is 89.6 Å². The highest BCUT2D eigenvalue weighted by molar-refractivity contribution is 6.08. The van der Waals surface area contributed by atoms with Gasteiger partial charge in [-0.2, -0.15) is 22.0 Å². The summed E-state index contributed by atoms with van der Waals surface area (Å²) < 4.78 is 108. The van der Waals surface area contributed by atoms with Gasteiger partial charge in [0.2, 0.25) is 5.88 Å². The Labute approximate surface area is 228 Å². The Balaban J connectivity index is 1.55. The van der Waals surface area contributed by atoms with Crippen LogP contribution in [-0.4, -0.2) is 34.6 Å². The second-order valence-corrected chi connectivity index (χ2v) is 9.88. The van der Waals surface area contributed by atoms with Crippen LogP contribution < -0.4 is 20.1 Å². The average Bonchev–Trinajstić information content (AvgIpc) is 3.15. The molecule has 2 aromatic carbocycles. The molecule has 2 heterocycles. The van der Waals surface area contributed by atoms with Gasteiger partial charge < -0.3 is 14.8 Å². The fourth-order valence-electron chi connectivity index (χ4n) is 4.20. The number of ether oxygens (including phenoxy) is 2. The largest absolute Gasteiger partial charge is 0.487 e. The minimum atomic E-state index is -5.97. The number of fused-ring (bicyclic) bond motifs is 1. The van der Waals surface area contributed by atoms with E-state index < -0.39 is 64.4 Å². The summed E-state index contributed by atoms with van der Waals surface area (Å²) in [6.07, 6.45) is -7.65. The number of imide groups is 1. The van der Waals surface area contributed by atoms with E-state index in [0.717, 1.165) is 36.5 Å². The van der Waals surface area contributed by atoms with Crippen LogP contribution in [0.1, 0.15) is 47.0 Å². The number of carbonyl (C=O) groups is 2. The Morgan fingerprint density at radius 3 is 2.32 bits per heavy atom. The number of nitrogens with zero attached hydrogens (tertiary/aromatic N) is 1. The van der Waals surface area contributed by atoms with Crippen molar-refractivity contribution in [3.63, 3.8) is 0 Å². The molecule has 1 aliphatic rings. The van der Waals surface area contributed by atoms with Gasteiger partial charge in [-0.15, -0.1) is 0 Å². The molecule has 7 nitrogen and oxygen atoms in total. The number of amides is 3. The maximum atomic E-state index is 14.7. The molecule has 4 rings (SSSR count). The van der Waals surface area contributed by atoms with Gasteiger partial charge in [-0.1, -0.05) is 12.1 Å². The van der Waals surface area contributed by atoms with Crippen LogP contribution in [0.25, 0.3) is 0 Å². The van der Waals surface area contributed by atoms with E-state index in [1.165, 1.54) is 19.1 Å². The normalized spacial score (nSPS) is 15.0. The number of alkyl halides is 5. The van der Waals surface area contributed by atoms with Crippen molar-refractivity contribution in [1.29, 1.82) is 0 Å². The van der Waals surface area contributed by atoms with E-state index in [9.17, 15) is 40.3 Å². The maximum Gasteiger partial charge on any atom is 0.457 e. The van der Waals surface area contributed by atoms with E-state index in [0.29, 0.717) is 11.3 Å². The summed E-state index contributed by atoms with van der Waals surface area (Å²) >= 11 is 0. The Kier molecular flexibility index (Phi) is 7.63. The Morgan fingerprint density at radius 2 is 1.71 bits per heavy atom. The number of aryl methyl sites for hydroxylation is 1. The molecular weight excluding hydrogens is 563 g/mol. The summed E-state index contributed by atoms with van der Waals surface area (Å²) in [4.78, 5) is 28.0. The van der Waals surface area contributed by atoms with Crippen molar-refractivity contribution in [2.45, 2.75) is 51.0 Å². The van der Waals surface area contributed by atoms with Crippen LogP contribution >= 0.6 is 0 Å². The third-order valence-electron chi connectivity index (χ3n) is 6.03. The third kappa shape index (κ3) is 6.20. The van der Waals surface area contributed by atoms with Gasteiger partial charge in [0.05, 0.1) is 11.9 Å². The van der Waals surface area contributed by atoms with Crippen molar-refractivity contribution in [2.75, 3.05) is 5.32 Å². The summed E-state index contributed by atoms with van der Waals surface area (Å²) in [7, 11) is 0. The number of nitrogens with one attached hydrogen (secondary N) is 2. The molecule has 1 aromatic heterocycles. The van der Waals surface area contributed by atoms with Crippen molar-refractivity contribution in [1.82, 2.24) is 10.3 Å². The number of pyridine rings is 1. The van der Waals surface area contributed by atoms with Gasteiger partial charge in [-0.3, -0.25) is 10.1 Å². The van der Waals surface area contributed by atoms with Gasteiger partial charge in [0.25, 0.3) is 5.91 Å². The number of urea groups is 1. The molecule has 0 saturated heterocycles. The second kappa shape index (κ2) is 10.6. The second-order valence-electron chi connectivity index (χ2n) is 9.88. The Hall–Kier alpha value is -4.36. The minimum Gasteiger partial charge on any atom is -0.487 e. The third-order valence-corrected chi connectivity index (χ3v) is 6.03. The van der Waals surface area contributed by atoms with Crippen molar-refractivity contribution >= 4 is 17.6 Å². The van der Waals surface area contributed by atoms with Crippen LogP contribution in [0.5, 0.6) is 11.6 Å². The molecule has 41 heavy (non-hydrogen) atoms. The first-order chi connectivity index (χ1) is 19.0. The molecule has 1 aliphatic heterocycles. The quantitative estimate of drug-likeness (QED) is 0.316. The van der Waals surface area contributed by atoms with E-state index in [1.54, 1.807) is 19.2 Å². The predicted molar refractivity (Wildman–Crippen MR) is 131 cm³/mol. The summed E-state index contributed by atoms with van der Waals surface area (Å²) in [5, 5.41) is 3.86. The fraction of sp³-hybridized carbons (Fsp3) is 0.296. The number of hydrogen-bond acceptors (Lipinski definition) is 5. The number of benzene rings is 2. The smallest absolute Gasteiger partial charge is 0.457 e. The van der Waals surface area contributed by atoms with Crippen LogP contribution in [0.15, 0.2) is 48.7 Å². The summed E-state index contributed by atoms with van der Waals surface area (Å²) in [6, 6.07) is 6.06. The average molecular weight is 585 g/mol. The first-order valence-electron chi connectivity index (χ1n) is 11.9. The number of carbonyl (C=O) groups excluding carboxylic acids is 2. The molecule has 218 valence electrons. The number of halogens is 7. The molecule has 3 aromatic rings. The molecule has 0 radical (unpaired) electrons. The minimum absolute atomic E-state index is 0.0529. The highest BCUT2D eigenvalue weighted by Gasteiger charge is 2.64. The molecular formula is C27H22F7N3O4. The number of anilines is 1. The summed E-state index contributed by atoms with van der Waals surface area (Å²) in [6.45, 7) is 4.75. The van der Waals surface area contributed by atoms with E-state index in [4.69, 9.17) is 9.47 Å². The maximum absolute atomic E-state index is 14.7. The van der Waals surface area contributed by atoms with Gasteiger partial charge in [-0.25, -0.2) is 18.6 Å². The summed E-state index contributed by atoms with van der Waals surface area (Å²) in [5.41, 5.74) is -1.90. The molecule has 0 spiro atoms. The van der Waals surface area contributed by atoms with Crippen molar-refractivity contribution in [3.8, 4) is 11.6 Å². The fourth-order valence-corrected chi connectivity index (χ4v) is 4.20. The van der Waals surface area contributed by atoms with Crippen LogP contribution in [0.3, 0.4) is 0 Å². The number of rotatable bonds is 6. The summed E-state index contributed by atoms with van der Waals surface area (Å²) in [5.74, 6) is -9.37. The van der Waals surface area contributed by atoms with E-state index in [1.807, 2.05) is 0 Å². The first kappa shape index (κ1) is 29.6. The number of hydrogen-bond donors (Lipinski definition) is 2. The molecule has 2 N–H and O–H groups in total. The van der Waals surface area contributed by atoms with Crippen molar-refractivity contribution in [3.05, 3.63) is 82.5 Å². The molecule has 14 heteroatoms. The molecule has 0 fully saturated rings. The lowest BCUT2D eigenvalue weighted by Gasteiger charge is -2.29. The molecule has 0 bridgehead atoms. The van der Waals surface area contributed by atoms with E-state index in [-0.39, 0.29) is 17.7 Å². The highest BCUT2D eigenvalue weighted by Crippen LogP contribution is 2.48. The standard InChI is InChI=1S/C27H22F7N3O4/c1-13-9-16(36-24(39)37-22(38)20-17(28)5-4-6-18(20)29)12-35-23(13)40-21(26(30,31)27(32,33)34)14-7-8-19-15(10-14)11-25(2,3)41-19/h4-10,12,21H,11H2,1-3H3,(H2,36,37,38,39). The molecule has 0 saturated carbocycles. The predicted octanol–water partition coefficient (Wildman–Crippen LogP) is 6.66. The SMILES string of the molecule is Cc1cc(NC(=O)NC(=O)c2c(F)cccc2F)cnc1OC(c1ccc2c(c1)CC(C)(C)O2)C(F)(F)C(F)(F)F. The molecule has 3 amide bonds. The Morgan fingerprint density at radius 1 is 1.05 bits per heavy atom. The van der Waals surface area contributed by atoms with Crippen molar-refractivity contribution in [2.24, 2.45) is 0 Å². The zero-order chi connectivity index (χ0) is 30.3. The van der Waals surface area contributed by atoms with Crippen LogP contribution in [0, 0.1) is 18.6 Å². The van der Waals surface area contributed by atoms with E-state index in [2.05, 4.69) is 10.3 Å². The van der Waals surface area contributed by atoms with Gasteiger partial charge in [0, 0.05) is 12.0 Å². The molecule has 1 unspecified atom stereocenters. The van der Waals surface area contributed by atoms with Gasteiger partial charge >= 0.3 is 18.1 Å². The van der Waals surface area contributed by atoms with E-state index >= 15 is 0 Å². The van der Waals surface area contributed by atoms with Crippen molar-refractivity contribution < 1.29 is 49.8 Å².